The first-order valence-corrected chi connectivity index (χ1v) is 8.33. The fourth-order valence-electron chi connectivity index (χ4n) is 2.03. The molecule has 21 heavy (non-hydrogen) atoms. The summed E-state index contributed by atoms with van der Waals surface area (Å²) in [5.74, 6) is 0.566. The van der Waals surface area contributed by atoms with Crippen LogP contribution in [0.2, 0.25) is 5.02 Å². The maximum atomic E-state index is 12.4. The van der Waals surface area contributed by atoms with Crippen molar-refractivity contribution >= 4 is 21.4 Å². The Kier molecular flexibility index (Phi) is 4.88. The summed E-state index contributed by atoms with van der Waals surface area (Å²) in [5, 5.41) is 0.504. The van der Waals surface area contributed by atoms with Gasteiger partial charge in [0.15, 0.2) is 9.84 Å². The molecule has 0 saturated carbocycles. The Morgan fingerprint density at radius 1 is 1.14 bits per heavy atom. The van der Waals surface area contributed by atoms with Crippen molar-refractivity contribution in [1.29, 1.82) is 0 Å². The molecule has 2 N–H and O–H groups in total. The number of benzene rings is 2. The van der Waals surface area contributed by atoms with E-state index in [1.165, 1.54) is 12.1 Å². The molecule has 0 aliphatic rings. The first kappa shape index (κ1) is 15.8. The van der Waals surface area contributed by atoms with Gasteiger partial charge in [-0.3, -0.25) is 0 Å². The maximum absolute atomic E-state index is 12.4. The van der Waals surface area contributed by atoms with Crippen molar-refractivity contribution in [1.82, 2.24) is 0 Å². The van der Waals surface area contributed by atoms with Gasteiger partial charge in [-0.15, -0.1) is 0 Å². The van der Waals surface area contributed by atoms with E-state index in [2.05, 4.69) is 0 Å². The minimum absolute atomic E-state index is 0.0916. The molecule has 6 heteroatoms. The highest BCUT2D eigenvalue weighted by Gasteiger charge is 2.16. The van der Waals surface area contributed by atoms with E-state index in [9.17, 15) is 8.42 Å². The minimum Gasteiger partial charge on any atom is -0.496 e. The van der Waals surface area contributed by atoms with Gasteiger partial charge in [0, 0.05) is 17.1 Å². The number of nitrogens with two attached hydrogens (primary N) is 1. The molecule has 0 atom stereocenters. The summed E-state index contributed by atoms with van der Waals surface area (Å²) in [4.78, 5) is 0.247. The Bertz CT molecular complexity index is 727. The number of rotatable bonds is 5. The third kappa shape index (κ3) is 3.75. The van der Waals surface area contributed by atoms with E-state index in [-0.39, 0.29) is 17.2 Å². The zero-order valence-corrected chi connectivity index (χ0v) is 13.1. The van der Waals surface area contributed by atoms with Crippen LogP contribution in [-0.4, -0.2) is 15.5 Å². The summed E-state index contributed by atoms with van der Waals surface area (Å²) >= 11 is 5.77. The molecular weight excluding hydrogens is 310 g/mol. The molecule has 0 radical (unpaired) electrons. The average Bonchev–Trinajstić information content (AvgIpc) is 2.47. The first-order chi connectivity index (χ1) is 9.96. The third-order valence-electron chi connectivity index (χ3n) is 3.09. The fourth-order valence-corrected chi connectivity index (χ4v) is 3.49. The molecule has 2 rings (SSSR count). The van der Waals surface area contributed by atoms with E-state index < -0.39 is 9.84 Å². The Morgan fingerprint density at radius 2 is 1.81 bits per heavy atom. The van der Waals surface area contributed by atoms with E-state index in [0.717, 1.165) is 5.56 Å². The van der Waals surface area contributed by atoms with Gasteiger partial charge in [-0.1, -0.05) is 17.7 Å². The van der Waals surface area contributed by atoms with Gasteiger partial charge in [0.2, 0.25) is 0 Å². The van der Waals surface area contributed by atoms with Crippen LogP contribution < -0.4 is 10.5 Å². The highest BCUT2D eigenvalue weighted by atomic mass is 35.5. The summed E-state index contributed by atoms with van der Waals surface area (Å²) in [6.45, 7) is 0.290. The molecule has 0 aliphatic heterocycles. The van der Waals surface area contributed by atoms with E-state index in [1.807, 2.05) is 0 Å². The number of methoxy groups -OCH3 is 1. The largest absolute Gasteiger partial charge is 0.496 e. The molecule has 0 amide bonds. The molecule has 2 aromatic rings. The third-order valence-corrected chi connectivity index (χ3v) is 5.05. The topological polar surface area (TPSA) is 69.4 Å². The van der Waals surface area contributed by atoms with E-state index in [1.54, 1.807) is 37.4 Å². The van der Waals surface area contributed by atoms with Crippen LogP contribution in [-0.2, 0) is 22.1 Å². The van der Waals surface area contributed by atoms with Crippen LogP contribution >= 0.6 is 11.6 Å². The van der Waals surface area contributed by atoms with Crippen LogP contribution in [0.5, 0.6) is 5.75 Å². The van der Waals surface area contributed by atoms with Crippen LogP contribution in [0.1, 0.15) is 11.1 Å². The number of hydrogen-bond acceptors (Lipinski definition) is 4. The molecule has 0 aromatic heterocycles. The van der Waals surface area contributed by atoms with Crippen molar-refractivity contribution in [2.24, 2.45) is 5.73 Å². The molecule has 4 nitrogen and oxygen atoms in total. The van der Waals surface area contributed by atoms with E-state index in [4.69, 9.17) is 22.1 Å². The normalized spacial score (nSPS) is 11.4. The standard InChI is InChI=1S/C15H16ClNO3S/c1-20-15-7-2-11(8-12(15)9-17)10-21(18,19)14-5-3-13(16)4-6-14/h2-8H,9-10,17H2,1H3. The molecule has 0 spiro atoms. The van der Waals surface area contributed by atoms with Crippen molar-refractivity contribution < 1.29 is 13.2 Å². The van der Waals surface area contributed by atoms with Gasteiger partial charge in [-0.2, -0.15) is 0 Å². The Labute approximate surface area is 129 Å². The van der Waals surface area contributed by atoms with Gasteiger partial charge in [-0.25, -0.2) is 8.42 Å². The lowest BCUT2D eigenvalue weighted by Gasteiger charge is -2.10. The quantitative estimate of drug-likeness (QED) is 0.917. The number of sulfone groups is 1. The zero-order valence-electron chi connectivity index (χ0n) is 11.5. The average molecular weight is 326 g/mol. The van der Waals surface area contributed by atoms with Crippen molar-refractivity contribution in [2.45, 2.75) is 17.2 Å². The smallest absolute Gasteiger partial charge is 0.182 e. The molecule has 112 valence electrons. The lowest BCUT2D eigenvalue weighted by molar-refractivity contribution is 0.409. The second kappa shape index (κ2) is 6.47. The van der Waals surface area contributed by atoms with E-state index >= 15 is 0 Å². The zero-order chi connectivity index (χ0) is 15.5. The van der Waals surface area contributed by atoms with Crippen molar-refractivity contribution in [3.63, 3.8) is 0 Å². The van der Waals surface area contributed by atoms with Crippen LogP contribution in [0.3, 0.4) is 0 Å². The lowest BCUT2D eigenvalue weighted by Crippen LogP contribution is -2.07. The Hall–Kier alpha value is -1.56. The summed E-state index contributed by atoms with van der Waals surface area (Å²) in [6.07, 6.45) is 0. The van der Waals surface area contributed by atoms with Crippen molar-refractivity contribution in [3.05, 3.63) is 58.6 Å². The summed E-state index contributed by atoms with van der Waals surface area (Å²) in [7, 11) is -1.86. The number of hydrogen-bond donors (Lipinski definition) is 1. The van der Waals surface area contributed by atoms with Crippen LogP contribution in [0.25, 0.3) is 0 Å². The van der Waals surface area contributed by atoms with Crippen LogP contribution in [0.4, 0.5) is 0 Å². The summed E-state index contributed by atoms with van der Waals surface area (Å²) < 4.78 is 29.9. The molecule has 0 heterocycles. The highest BCUT2D eigenvalue weighted by molar-refractivity contribution is 7.90. The molecular formula is C15H16ClNO3S. The van der Waals surface area contributed by atoms with Gasteiger partial charge in [0.1, 0.15) is 5.75 Å². The maximum Gasteiger partial charge on any atom is 0.182 e. The number of ether oxygens (including phenoxy) is 1. The Balaban J connectivity index is 2.30. The molecule has 0 fully saturated rings. The van der Waals surface area contributed by atoms with Crippen LogP contribution in [0.15, 0.2) is 47.4 Å². The minimum atomic E-state index is -3.41. The molecule has 2 aromatic carbocycles. The van der Waals surface area contributed by atoms with Gasteiger partial charge < -0.3 is 10.5 Å². The van der Waals surface area contributed by atoms with Gasteiger partial charge >= 0.3 is 0 Å². The molecule has 0 aliphatic carbocycles. The second-order valence-corrected chi connectivity index (χ2v) is 6.99. The Morgan fingerprint density at radius 3 is 2.38 bits per heavy atom. The van der Waals surface area contributed by atoms with Gasteiger partial charge in [0.25, 0.3) is 0 Å². The molecule has 0 unspecified atom stereocenters. The van der Waals surface area contributed by atoms with Gasteiger partial charge in [-0.05, 0) is 42.0 Å². The van der Waals surface area contributed by atoms with Crippen molar-refractivity contribution in [3.8, 4) is 5.75 Å². The first-order valence-electron chi connectivity index (χ1n) is 6.30. The predicted molar refractivity (Wildman–Crippen MR) is 83.2 cm³/mol. The molecule has 0 saturated heterocycles. The SMILES string of the molecule is COc1ccc(CS(=O)(=O)c2ccc(Cl)cc2)cc1CN. The summed E-state index contributed by atoms with van der Waals surface area (Å²) in [5.41, 5.74) is 7.09. The highest BCUT2D eigenvalue weighted by Crippen LogP contribution is 2.23. The van der Waals surface area contributed by atoms with Gasteiger partial charge in [0.05, 0.1) is 17.8 Å². The number of halogens is 1. The van der Waals surface area contributed by atoms with E-state index in [0.29, 0.717) is 16.3 Å². The predicted octanol–water partition coefficient (Wildman–Crippen LogP) is 2.78. The lowest BCUT2D eigenvalue weighted by atomic mass is 10.1. The summed E-state index contributed by atoms with van der Waals surface area (Å²) in [6, 6.07) is 11.4. The fraction of sp³-hybridized carbons (Fsp3) is 0.200. The monoisotopic (exact) mass is 325 g/mol. The second-order valence-electron chi connectivity index (χ2n) is 4.56. The van der Waals surface area contributed by atoms with Crippen molar-refractivity contribution in [2.75, 3.05) is 7.11 Å². The molecule has 0 bridgehead atoms. The van der Waals surface area contributed by atoms with Crippen LogP contribution in [0, 0.1) is 0 Å².